The Labute approximate surface area is 122 Å². The van der Waals surface area contributed by atoms with Crippen LogP contribution in [0, 0.1) is 5.82 Å². The van der Waals surface area contributed by atoms with Gasteiger partial charge < -0.3 is 11.1 Å². The first-order valence-corrected chi connectivity index (χ1v) is 6.74. The van der Waals surface area contributed by atoms with E-state index in [0.29, 0.717) is 40.7 Å². The molecule has 2 aromatic rings. The van der Waals surface area contributed by atoms with Crippen LogP contribution in [0.2, 0.25) is 0 Å². The van der Waals surface area contributed by atoms with E-state index in [9.17, 15) is 9.18 Å². The van der Waals surface area contributed by atoms with Crippen molar-refractivity contribution in [2.75, 3.05) is 6.54 Å². The van der Waals surface area contributed by atoms with Gasteiger partial charge >= 0.3 is 0 Å². The van der Waals surface area contributed by atoms with Crippen molar-refractivity contribution in [3.05, 3.63) is 47.8 Å². The highest BCUT2D eigenvalue weighted by Crippen LogP contribution is 2.21. The first-order chi connectivity index (χ1) is 9.59. The van der Waals surface area contributed by atoms with Crippen molar-refractivity contribution in [3.8, 4) is 0 Å². The highest BCUT2D eigenvalue weighted by Gasteiger charge is 2.11. The van der Waals surface area contributed by atoms with Crippen LogP contribution >= 0.6 is 12.2 Å². The molecule has 2 aromatic carbocycles. The lowest BCUT2D eigenvalue weighted by molar-refractivity contribution is 0.0955. The number of halogens is 1. The summed E-state index contributed by atoms with van der Waals surface area (Å²) in [6.07, 6.45) is 1.29. The molecule has 0 spiro atoms. The highest BCUT2D eigenvalue weighted by molar-refractivity contribution is 7.80. The molecular formula is C15H15FN2OS. The molecule has 0 aliphatic rings. The Kier molecular flexibility index (Phi) is 4.63. The molecule has 1 amide bonds. The summed E-state index contributed by atoms with van der Waals surface area (Å²) in [4.78, 5) is 12.6. The summed E-state index contributed by atoms with van der Waals surface area (Å²) in [5.41, 5.74) is 5.86. The molecule has 5 heteroatoms. The summed E-state index contributed by atoms with van der Waals surface area (Å²) in [6.45, 7) is 0.488. The van der Waals surface area contributed by atoms with Gasteiger partial charge in [0.1, 0.15) is 5.82 Å². The molecule has 0 aliphatic heterocycles. The number of benzene rings is 2. The molecule has 2 rings (SSSR count). The molecule has 0 aromatic heterocycles. The third kappa shape index (κ3) is 3.30. The summed E-state index contributed by atoms with van der Waals surface area (Å²) >= 11 is 4.77. The van der Waals surface area contributed by atoms with E-state index < -0.39 is 0 Å². The maximum absolute atomic E-state index is 13.7. The second-order valence-corrected chi connectivity index (χ2v) is 4.99. The molecule has 0 saturated heterocycles. The molecule has 0 heterocycles. The SMILES string of the molecule is NC(=S)CCCNC(=O)c1ccc(F)c2ccccc12. The zero-order chi connectivity index (χ0) is 14.5. The summed E-state index contributed by atoms with van der Waals surface area (Å²) in [5, 5.41) is 3.85. The molecule has 20 heavy (non-hydrogen) atoms. The maximum atomic E-state index is 13.7. The molecule has 0 aliphatic carbocycles. The van der Waals surface area contributed by atoms with Gasteiger partial charge in [-0.3, -0.25) is 4.79 Å². The van der Waals surface area contributed by atoms with Gasteiger partial charge in [-0.15, -0.1) is 0 Å². The van der Waals surface area contributed by atoms with Gasteiger partial charge in [-0.05, 0) is 30.4 Å². The number of fused-ring (bicyclic) bond motifs is 1. The smallest absolute Gasteiger partial charge is 0.251 e. The molecule has 0 unspecified atom stereocenters. The number of hydrogen-bond acceptors (Lipinski definition) is 2. The van der Waals surface area contributed by atoms with Crippen molar-refractivity contribution in [2.24, 2.45) is 5.73 Å². The molecular weight excluding hydrogens is 275 g/mol. The average molecular weight is 290 g/mol. The van der Waals surface area contributed by atoms with Crippen molar-refractivity contribution < 1.29 is 9.18 Å². The lowest BCUT2D eigenvalue weighted by Crippen LogP contribution is -2.25. The second-order valence-electron chi connectivity index (χ2n) is 4.47. The molecule has 104 valence electrons. The normalized spacial score (nSPS) is 10.4. The van der Waals surface area contributed by atoms with Gasteiger partial charge in [0.25, 0.3) is 5.91 Å². The summed E-state index contributed by atoms with van der Waals surface area (Å²) in [5.74, 6) is -0.547. The number of hydrogen-bond donors (Lipinski definition) is 2. The van der Waals surface area contributed by atoms with Crippen LogP contribution in [-0.4, -0.2) is 17.4 Å². The fourth-order valence-electron chi connectivity index (χ4n) is 2.02. The number of rotatable bonds is 5. The standard InChI is InChI=1S/C15H15FN2OS/c16-13-8-7-12(10-4-1-2-5-11(10)13)15(19)18-9-3-6-14(17)20/h1-2,4-5,7-8H,3,6,9H2,(H2,17,20)(H,18,19). The summed E-state index contributed by atoms with van der Waals surface area (Å²) < 4.78 is 13.7. The third-order valence-electron chi connectivity index (χ3n) is 3.00. The zero-order valence-electron chi connectivity index (χ0n) is 10.9. The van der Waals surface area contributed by atoms with Gasteiger partial charge in [0.15, 0.2) is 0 Å². The van der Waals surface area contributed by atoms with E-state index in [1.54, 1.807) is 24.3 Å². The first kappa shape index (κ1) is 14.4. The molecule has 0 fully saturated rings. The number of carbonyl (C=O) groups excluding carboxylic acids is 1. The van der Waals surface area contributed by atoms with Crippen LogP contribution < -0.4 is 11.1 Å². The van der Waals surface area contributed by atoms with E-state index in [-0.39, 0.29) is 11.7 Å². The fraction of sp³-hybridized carbons (Fsp3) is 0.200. The van der Waals surface area contributed by atoms with Crippen LogP contribution in [0.5, 0.6) is 0 Å². The maximum Gasteiger partial charge on any atom is 0.251 e. The van der Waals surface area contributed by atoms with E-state index in [2.05, 4.69) is 5.32 Å². The van der Waals surface area contributed by atoms with E-state index in [4.69, 9.17) is 18.0 Å². The number of thiocarbonyl (C=S) groups is 1. The van der Waals surface area contributed by atoms with Gasteiger partial charge in [0.2, 0.25) is 0 Å². The Hall–Kier alpha value is -2.01. The van der Waals surface area contributed by atoms with Crippen molar-refractivity contribution in [3.63, 3.8) is 0 Å². The predicted octanol–water partition coefficient (Wildman–Crippen LogP) is 2.78. The highest BCUT2D eigenvalue weighted by atomic mass is 32.1. The van der Waals surface area contributed by atoms with Crippen molar-refractivity contribution in [1.82, 2.24) is 5.32 Å². The number of amides is 1. The van der Waals surface area contributed by atoms with Gasteiger partial charge in [-0.1, -0.05) is 36.5 Å². The van der Waals surface area contributed by atoms with Crippen LogP contribution in [0.3, 0.4) is 0 Å². The number of nitrogens with one attached hydrogen (secondary N) is 1. The lowest BCUT2D eigenvalue weighted by atomic mass is 10.0. The van der Waals surface area contributed by atoms with Gasteiger partial charge in [0, 0.05) is 17.5 Å². The molecule has 3 nitrogen and oxygen atoms in total. The van der Waals surface area contributed by atoms with Crippen molar-refractivity contribution >= 4 is 33.9 Å². The van der Waals surface area contributed by atoms with Crippen LogP contribution in [0.1, 0.15) is 23.2 Å². The minimum atomic E-state index is -0.328. The van der Waals surface area contributed by atoms with Gasteiger partial charge in [-0.2, -0.15) is 0 Å². The van der Waals surface area contributed by atoms with E-state index in [0.717, 1.165) is 0 Å². The number of nitrogens with two attached hydrogens (primary N) is 1. The Bertz CT molecular complexity index is 657. The second kappa shape index (κ2) is 6.43. The van der Waals surface area contributed by atoms with E-state index >= 15 is 0 Å². The van der Waals surface area contributed by atoms with Crippen LogP contribution in [0.4, 0.5) is 4.39 Å². The molecule has 0 atom stereocenters. The van der Waals surface area contributed by atoms with E-state index in [1.165, 1.54) is 12.1 Å². The van der Waals surface area contributed by atoms with Crippen LogP contribution in [-0.2, 0) is 0 Å². The fourth-order valence-corrected chi connectivity index (χ4v) is 2.16. The zero-order valence-corrected chi connectivity index (χ0v) is 11.7. The molecule has 0 bridgehead atoms. The van der Waals surface area contributed by atoms with Crippen molar-refractivity contribution in [1.29, 1.82) is 0 Å². The minimum absolute atomic E-state index is 0.218. The van der Waals surface area contributed by atoms with Crippen molar-refractivity contribution in [2.45, 2.75) is 12.8 Å². The Morgan fingerprint density at radius 1 is 1.20 bits per heavy atom. The van der Waals surface area contributed by atoms with Gasteiger partial charge in [-0.25, -0.2) is 4.39 Å². The third-order valence-corrected chi connectivity index (χ3v) is 3.21. The summed E-state index contributed by atoms with van der Waals surface area (Å²) in [6, 6.07) is 9.74. The average Bonchev–Trinajstić information content (AvgIpc) is 2.44. The topological polar surface area (TPSA) is 55.1 Å². The van der Waals surface area contributed by atoms with Crippen LogP contribution in [0.25, 0.3) is 10.8 Å². The Balaban J connectivity index is 2.14. The van der Waals surface area contributed by atoms with Crippen LogP contribution in [0.15, 0.2) is 36.4 Å². The van der Waals surface area contributed by atoms with E-state index in [1.807, 2.05) is 0 Å². The molecule has 0 saturated carbocycles. The molecule has 3 N–H and O–H groups in total. The number of carbonyl (C=O) groups is 1. The molecule has 0 radical (unpaired) electrons. The minimum Gasteiger partial charge on any atom is -0.393 e. The summed E-state index contributed by atoms with van der Waals surface area (Å²) in [7, 11) is 0. The Morgan fingerprint density at radius 3 is 2.60 bits per heavy atom. The first-order valence-electron chi connectivity index (χ1n) is 6.33. The quantitative estimate of drug-likeness (QED) is 0.657. The van der Waals surface area contributed by atoms with Gasteiger partial charge in [0.05, 0.1) is 4.99 Å². The predicted molar refractivity (Wildman–Crippen MR) is 82.3 cm³/mol. The Morgan fingerprint density at radius 2 is 1.90 bits per heavy atom. The largest absolute Gasteiger partial charge is 0.393 e. The lowest BCUT2D eigenvalue weighted by Gasteiger charge is -2.08. The monoisotopic (exact) mass is 290 g/mol.